The van der Waals surface area contributed by atoms with Crippen LogP contribution >= 0.6 is 0 Å². The summed E-state index contributed by atoms with van der Waals surface area (Å²) in [4.78, 5) is 11.8. The lowest BCUT2D eigenvalue weighted by molar-refractivity contribution is 0.213. The van der Waals surface area contributed by atoms with Crippen LogP contribution in [0.1, 0.15) is 28.9 Å². The highest BCUT2D eigenvalue weighted by Crippen LogP contribution is 2.28. The zero-order valence-electron chi connectivity index (χ0n) is 15.4. The number of aryl methyl sites for hydroxylation is 4. The number of rotatable bonds is 4. The molecule has 1 unspecified atom stereocenters. The summed E-state index contributed by atoms with van der Waals surface area (Å²) in [6.07, 6.45) is 0.277. The van der Waals surface area contributed by atoms with Crippen LogP contribution in [0.3, 0.4) is 0 Å². The molecule has 1 fully saturated rings. The fraction of sp³-hybridized carbons (Fsp3) is 0.421. The van der Waals surface area contributed by atoms with Gasteiger partial charge in [-0.1, -0.05) is 17.7 Å². The fourth-order valence-electron chi connectivity index (χ4n) is 3.55. The molecule has 1 aromatic heterocycles. The first kappa shape index (κ1) is 18.7. The third-order valence-corrected chi connectivity index (χ3v) is 6.65. The molecule has 0 saturated carbocycles. The Hall–Kier alpha value is -2.12. The Bertz CT molecular complexity index is 970. The number of sulfonamides is 1. The Morgan fingerprint density at radius 1 is 1.08 bits per heavy atom. The van der Waals surface area contributed by atoms with Crippen molar-refractivity contribution in [2.75, 3.05) is 13.1 Å². The van der Waals surface area contributed by atoms with E-state index in [0.717, 1.165) is 16.7 Å². The summed E-state index contributed by atoms with van der Waals surface area (Å²) in [7, 11) is -3.59. The Kier molecular flexibility index (Phi) is 4.94. The van der Waals surface area contributed by atoms with Crippen molar-refractivity contribution >= 4 is 10.0 Å². The average molecular weight is 377 g/mol. The molecule has 0 N–H and O–H groups in total. The summed E-state index contributed by atoms with van der Waals surface area (Å²) in [6, 6.07) is 6.68. The largest absolute Gasteiger partial charge is 0.489 e. The summed E-state index contributed by atoms with van der Waals surface area (Å²) in [6.45, 7) is 7.91. The smallest absolute Gasteiger partial charge is 0.339 e. The van der Waals surface area contributed by atoms with Crippen molar-refractivity contribution in [1.82, 2.24) is 4.31 Å². The van der Waals surface area contributed by atoms with Crippen molar-refractivity contribution in [3.05, 3.63) is 57.1 Å². The second-order valence-corrected chi connectivity index (χ2v) is 8.72. The summed E-state index contributed by atoms with van der Waals surface area (Å²) in [5.74, 6) is 0.867. The maximum Gasteiger partial charge on any atom is 0.339 e. The molecule has 1 aliphatic heterocycles. The van der Waals surface area contributed by atoms with E-state index in [0.29, 0.717) is 29.4 Å². The van der Waals surface area contributed by atoms with Gasteiger partial charge in [0, 0.05) is 12.6 Å². The lowest BCUT2D eigenvalue weighted by Crippen LogP contribution is -2.32. The molecular formula is C19H23NO5S. The Labute approximate surface area is 153 Å². The van der Waals surface area contributed by atoms with Crippen molar-refractivity contribution < 1.29 is 17.6 Å². The van der Waals surface area contributed by atoms with Gasteiger partial charge >= 0.3 is 5.63 Å². The molecule has 1 saturated heterocycles. The monoisotopic (exact) mass is 377 g/mol. The van der Waals surface area contributed by atoms with Crippen LogP contribution in [0.15, 0.2) is 38.4 Å². The van der Waals surface area contributed by atoms with E-state index in [4.69, 9.17) is 9.15 Å². The molecule has 3 rings (SSSR count). The van der Waals surface area contributed by atoms with Crippen molar-refractivity contribution in [3.8, 4) is 5.75 Å². The Balaban J connectivity index is 1.81. The molecule has 6 nitrogen and oxygen atoms in total. The summed E-state index contributed by atoms with van der Waals surface area (Å²) in [5.41, 5.74) is 2.07. The maximum atomic E-state index is 13.1. The molecule has 140 valence electrons. The SMILES string of the molecule is Cc1cc(C)c(S(=O)(=O)N2CCC(Oc3cc(C)oc(=O)c3)C2)c(C)c1. The van der Waals surface area contributed by atoms with Gasteiger partial charge in [0.2, 0.25) is 10.0 Å². The van der Waals surface area contributed by atoms with E-state index >= 15 is 0 Å². The number of nitrogens with zero attached hydrogens (tertiary/aromatic N) is 1. The normalized spacial score (nSPS) is 18.2. The van der Waals surface area contributed by atoms with E-state index in [-0.39, 0.29) is 12.6 Å². The zero-order valence-corrected chi connectivity index (χ0v) is 16.2. The first-order valence-electron chi connectivity index (χ1n) is 8.53. The van der Waals surface area contributed by atoms with Gasteiger partial charge in [0.15, 0.2) is 0 Å². The molecule has 0 bridgehead atoms. The third-order valence-electron chi connectivity index (χ3n) is 4.48. The van der Waals surface area contributed by atoms with Crippen molar-refractivity contribution in [2.45, 2.75) is 45.1 Å². The molecule has 1 aliphatic rings. The molecule has 26 heavy (non-hydrogen) atoms. The number of hydrogen-bond acceptors (Lipinski definition) is 5. The van der Waals surface area contributed by atoms with E-state index in [1.54, 1.807) is 13.0 Å². The molecular weight excluding hydrogens is 354 g/mol. The van der Waals surface area contributed by atoms with Crippen molar-refractivity contribution in [2.24, 2.45) is 0 Å². The van der Waals surface area contributed by atoms with Crippen LogP contribution in [0.25, 0.3) is 0 Å². The molecule has 1 atom stereocenters. The first-order valence-corrected chi connectivity index (χ1v) is 9.97. The standard InChI is InChI=1S/C19H23NO5S/c1-12-7-13(2)19(14(3)8-12)26(22,23)20-6-5-16(11-20)25-17-9-15(4)24-18(21)10-17/h7-10,16H,5-6,11H2,1-4H3. The van der Waals surface area contributed by atoms with Gasteiger partial charge in [0.25, 0.3) is 0 Å². The Morgan fingerprint density at radius 3 is 2.35 bits per heavy atom. The van der Waals surface area contributed by atoms with Gasteiger partial charge in [-0.15, -0.1) is 0 Å². The summed E-state index contributed by atoms with van der Waals surface area (Å²) < 4.78 is 38.4. The van der Waals surface area contributed by atoms with Gasteiger partial charge < -0.3 is 9.15 Å². The van der Waals surface area contributed by atoms with Crippen LogP contribution in [0.4, 0.5) is 0 Å². The highest BCUT2D eigenvalue weighted by molar-refractivity contribution is 7.89. The predicted octanol–water partition coefficient (Wildman–Crippen LogP) is 2.72. The van der Waals surface area contributed by atoms with Crippen LogP contribution in [0.2, 0.25) is 0 Å². The summed E-state index contributed by atoms with van der Waals surface area (Å²) >= 11 is 0. The van der Waals surface area contributed by atoms with Crippen molar-refractivity contribution in [3.63, 3.8) is 0 Å². The second kappa shape index (κ2) is 6.89. The maximum absolute atomic E-state index is 13.1. The minimum absolute atomic E-state index is 0.258. The molecule has 0 radical (unpaired) electrons. The highest BCUT2D eigenvalue weighted by atomic mass is 32.2. The van der Waals surface area contributed by atoms with E-state index < -0.39 is 15.6 Å². The van der Waals surface area contributed by atoms with Gasteiger partial charge in [0.1, 0.15) is 17.6 Å². The minimum Gasteiger partial charge on any atom is -0.489 e. The summed E-state index contributed by atoms with van der Waals surface area (Å²) in [5, 5.41) is 0. The molecule has 1 aromatic carbocycles. The number of benzene rings is 1. The van der Waals surface area contributed by atoms with E-state index in [1.807, 2.05) is 32.9 Å². The predicted molar refractivity (Wildman–Crippen MR) is 98.2 cm³/mol. The molecule has 0 spiro atoms. The van der Waals surface area contributed by atoms with Crippen LogP contribution in [-0.4, -0.2) is 31.9 Å². The Morgan fingerprint density at radius 2 is 1.73 bits per heavy atom. The van der Waals surface area contributed by atoms with Gasteiger partial charge in [0.05, 0.1) is 17.5 Å². The average Bonchev–Trinajstić information content (AvgIpc) is 2.93. The highest BCUT2D eigenvalue weighted by Gasteiger charge is 2.35. The fourth-order valence-corrected chi connectivity index (χ4v) is 5.45. The quantitative estimate of drug-likeness (QED) is 0.819. The van der Waals surface area contributed by atoms with Crippen LogP contribution < -0.4 is 10.4 Å². The van der Waals surface area contributed by atoms with Gasteiger partial charge in [-0.2, -0.15) is 4.31 Å². The molecule has 0 aliphatic carbocycles. The molecule has 2 aromatic rings. The molecule has 2 heterocycles. The lowest BCUT2D eigenvalue weighted by Gasteiger charge is -2.20. The van der Waals surface area contributed by atoms with Gasteiger partial charge in [-0.25, -0.2) is 13.2 Å². The third kappa shape index (κ3) is 3.68. The van der Waals surface area contributed by atoms with E-state index in [9.17, 15) is 13.2 Å². The first-order chi connectivity index (χ1) is 12.2. The van der Waals surface area contributed by atoms with Crippen molar-refractivity contribution in [1.29, 1.82) is 0 Å². The zero-order chi connectivity index (χ0) is 19.1. The van der Waals surface area contributed by atoms with Gasteiger partial charge in [-0.05, 0) is 45.2 Å². The van der Waals surface area contributed by atoms with Crippen LogP contribution in [0, 0.1) is 27.7 Å². The lowest BCUT2D eigenvalue weighted by atomic mass is 10.1. The molecule has 7 heteroatoms. The van der Waals surface area contributed by atoms with Crippen LogP contribution in [0.5, 0.6) is 5.75 Å². The topological polar surface area (TPSA) is 76.8 Å². The second-order valence-electron chi connectivity index (χ2n) is 6.84. The number of hydrogen-bond donors (Lipinski definition) is 0. The van der Waals surface area contributed by atoms with E-state index in [2.05, 4.69) is 0 Å². The van der Waals surface area contributed by atoms with Crippen LogP contribution in [-0.2, 0) is 10.0 Å². The van der Waals surface area contributed by atoms with E-state index in [1.165, 1.54) is 10.4 Å². The minimum atomic E-state index is -3.59. The number of ether oxygens (including phenoxy) is 1. The molecule has 0 amide bonds. The van der Waals surface area contributed by atoms with Gasteiger partial charge in [-0.3, -0.25) is 0 Å².